The third-order valence-electron chi connectivity index (χ3n) is 4.58. The fraction of sp³-hybridized carbons (Fsp3) is 0.591. The van der Waals surface area contributed by atoms with Gasteiger partial charge in [0.05, 0.1) is 13.2 Å². The van der Waals surface area contributed by atoms with Gasteiger partial charge in [-0.3, -0.25) is 4.79 Å². The van der Waals surface area contributed by atoms with Gasteiger partial charge in [0.1, 0.15) is 18.2 Å². The first-order chi connectivity index (χ1) is 14.2. The van der Waals surface area contributed by atoms with Crippen molar-refractivity contribution in [1.82, 2.24) is 5.32 Å². The molecule has 8 heteroatoms. The summed E-state index contributed by atoms with van der Waals surface area (Å²) in [4.78, 5) is 36.8. The molecule has 0 aliphatic carbocycles. The molecule has 1 amide bonds. The smallest absolute Gasteiger partial charge is 0.458 e. The highest BCUT2D eigenvalue weighted by molar-refractivity contribution is 5.90. The Morgan fingerprint density at radius 2 is 1.80 bits per heavy atom. The quantitative estimate of drug-likeness (QED) is 0.483. The zero-order valence-electron chi connectivity index (χ0n) is 18.0. The highest BCUT2D eigenvalue weighted by atomic mass is 16.7. The van der Waals surface area contributed by atoms with Crippen LogP contribution >= 0.6 is 0 Å². The molecule has 1 fully saturated rings. The third kappa shape index (κ3) is 7.33. The lowest BCUT2D eigenvalue weighted by molar-refractivity contribution is -0.159. The van der Waals surface area contributed by atoms with Gasteiger partial charge in [-0.2, -0.15) is 0 Å². The average molecular weight is 421 g/mol. The van der Waals surface area contributed by atoms with Crippen molar-refractivity contribution in [3.8, 4) is 0 Å². The standard InChI is InChI=1S/C22H31NO7/c1-5-28-21(26)29-14-17-16(11-12-27-13-15-9-7-6-8-10-15)19(24)23-18(17)20(25)30-22(2,3)4/h6-10,16-18H,5,11-14H2,1-4H3,(H,23,24)/t16-,17-,18-/m1/s1. The molecule has 2 rings (SSSR count). The summed E-state index contributed by atoms with van der Waals surface area (Å²) in [5.41, 5.74) is 0.327. The summed E-state index contributed by atoms with van der Waals surface area (Å²) in [7, 11) is 0. The lowest BCUT2D eigenvalue weighted by Gasteiger charge is -2.25. The van der Waals surface area contributed by atoms with Gasteiger partial charge in [0.2, 0.25) is 5.91 Å². The molecule has 0 radical (unpaired) electrons. The number of esters is 1. The summed E-state index contributed by atoms with van der Waals surface area (Å²) in [6.07, 6.45) is -0.451. The van der Waals surface area contributed by atoms with Crippen molar-refractivity contribution in [2.45, 2.75) is 52.4 Å². The van der Waals surface area contributed by atoms with Gasteiger partial charge in [0.25, 0.3) is 0 Å². The van der Waals surface area contributed by atoms with Crippen molar-refractivity contribution < 1.29 is 33.3 Å². The van der Waals surface area contributed by atoms with Crippen LogP contribution in [0.5, 0.6) is 0 Å². The Hall–Kier alpha value is -2.61. The Kier molecular flexibility index (Phi) is 8.65. The number of nitrogens with one attached hydrogen (secondary N) is 1. The number of carbonyl (C=O) groups excluding carboxylic acids is 3. The minimum Gasteiger partial charge on any atom is -0.458 e. The molecular weight excluding hydrogens is 390 g/mol. The molecule has 1 saturated heterocycles. The second-order valence-corrected chi connectivity index (χ2v) is 8.11. The number of hydrogen-bond acceptors (Lipinski definition) is 7. The van der Waals surface area contributed by atoms with Gasteiger partial charge in [0.15, 0.2) is 0 Å². The van der Waals surface area contributed by atoms with E-state index in [1.54, 1.807) is 27.7 Å². The lowest BCUT2D eigenvalue weighted by atomic mass is 9.88. The largest absolute Gasteiger partial charge is 0.508 e. The monoisotopic (exact) mass is 421 g/mol. The number of ether oxygens (including phenoxy) is 4. The molecule has 1 aromatic rings. The Morgan fingerprint density at radius 3 is 2.43 bits per heavy atom. The Bertz CT molecular complexity index is 714. The molecule has 0 bridgehead atoms. The molecular formula is C22H31NO7. The van der Waals surface area contributed by atoms with Crippen LogP contribution in [-0.2, 0) is 35.1 Å². The molecule has 0 aromatic heterocycles. The summed E-state index contributed by atoms with van der Waals surface area (Å²) < 4.78 is 21.0. The van der Waals surface area contributed by atoms with E-state index in [1.807, 2.05) is 30.3 Å². The van der Waals surface area contributed by atoms with Crippen molar-refractivity contribution in [2.75, 3.05) is 19.8 Å². The fourth-order valence-corrected chi connectivity index (χ4v) is 3.25. The fourth-order valence-electron chi connectivity index (χ4n) is 3.25. The van der Waals surface area contributed by atoms with Gasteiger partial charge in [-0.1, -0.05) is 30.3 Å². The number of rotatable bonds is 9. The SMILES string of the molecule is CCOC(=O)OC[C@@H]1[C@@H](CCOCc2ccccc2)C(=O)N[C@H]1C(=O)OC(C)(C)C. The zero-order valence-corrected chi connectivity index (χ0v) is 18.0. The highest BCUT2D eigenvalue weighted by Gasteiger charge is 2.47. The van der Waals surface area contributed by atoms with E-state index in [1.165, 1.54) is 0 Å². The summed E-state index contributed by atoms with van der Waals surface area (Å²) in [6.45, 7) is 7.71. The maximum atomic E-state index is 12.6. The molecule has 1 aliphatic rings. The maximum absolute atomic E-state index is 12.6. The van der Waals surface area contributed by atoms with E-state index < -0.39 is 35.6 Å². The Labute approximate surface area is 177 Å². The number of benzene rings is 1. The van der Waals surface area contributed by atoms with E-state index in [2.05, 4.69) is 5.32 Å². The average Bonchev–Trinajstić information content (AvgIpc) is 2.99. The van der Waals surface area contributed by atoms with Crippen molar-refractivity contribution in [2.24, 2.45) is 11.8 Å². The molecule has 1 aliphatic heterocycles. The van der Waals surface area contributed by atoms with Gasteiger partial charge in [-0.15, -0.1) is 0 Å². The predicted octanol–water partition coefficient (Wildman–Crippen LogP) is 2.84. The van der Waals surface area contributed by atoms with Crippen molar-refractivity contribution in [1.29, 1.82) is 0 Å². The summed E-state index contributed by atoms with van der Waals surface area (Å²) in [5.74, 6) is -1.96. The molecule has 30 heavy (non-hydrogen) atoms. The lowest BCUT2D eigenvalue weighted by Crippen LogP contribution is -2.43. The van der Waals surface area contributed by atoms with E-state index in [0.29, 0.717) is 19.6 Å². The predicted molar refractivity (Wildman–Crippen MR) is 108 cm³/mol. The van der Waals surface area contributed by atoms with Gasteiger partial charge in [0, 0.05) is 18.4 Å². The topological polar surface area (TPSA) is 100 Å². The second kappa shape index (κ2) is 11.0. The van der Waals surface area contributed by atoms with Crippen LogP contribution in [0.1, 0.15) is 39.7 Å². The first kappa shape index (κ1) is 23.7. The molecule has 8 nitrogen and oxygen atoms in total. The highest BCUT2D eigenvalue weighted by Crippen LogP contribution is 2.29. The first-order valence-corrected chi connectivity index (χ1v) is 10.2. The summed E-state index contributed by atoms with van der Waals surface area (Å²) in [6, 6.07) is 8.80. The third-order valence-corrected chi connectivity index (χ3v) is 4.58. The van der Waals surface area contributed by atoms with Gasteiger partial charge >= 0.3 is 12.1 Å². The van der Waals surface area contributed by atoms with Crippen LogP contribution in [0.15, 0.2) is 30.3 Å². The molecule has 0 spiro atoms. The second-order valence-electron chi connectivity index (χ2n) is 8.11. The molecule has 1 heterocycles. The van der Waals surface area contributed by atoms with Gasteiger partial charge in [-0.25, -0.2) is 9.59 Å². The molecule has 1 N–H and O–H groups in total. The molecule has 3 atom stereocenters. The van der Waals surface area contributed by atoms with Crippen molar-refractivity contribution in [3.63, 3.8) is 0 Å². The number of amides is 1. The van der Waals surface area contributed by atoms with Crippen molar-refractivity contribution in [3.05, 3.63) is 35.9 Å². The molecule has 0 saturated carbocycles. The van der Waals surface area contributed by atoms with E-state index in [4.69, 9.17) is 18.9 Å². The van der Waals surface area contributed by atoms with E-state index in [-0.39, 0.29) is 19.1 Å². The molecule has 0 unspecified atom stereocenters. The van der Waals surface area contributed by atoms with Crippen LogP contribution in [0.3, 0.4) is 0 Å². The summed E-state index contributed by atoms with van der Waals surface area (Å²) >= 11 is 0. The van der Waals surface area contributed by atoms with E-state index in [9.17, 15) is 14.4 Å². The zero-order chi connectivity index (χ0) is 22.1. The molecule has 166 valence electrons. The summed E-state index contributed by atoms with van der Waals surface area (Å²) in [5, 5.41) is 2.69. The van der Waals surface area contributed by atoms with Crippen LogP contribution in [0.25, 0.3) is 0 Å². The first-order valence-electron chi connectivity index (χ1n) is 10.2. The van der Waals surface area contributed by atoms with Crippen LogP contribution in [0, 0.1) is 11.8 Å². The molecule has 1 aromatic carbocycles. The van der Waals surface area contributed by atoms with Crippen LogP contribution < -0.4 is 5.32 Å². The number of carbonyl (C=O) groups is 3. The van der Waals surface area contributed by atoms with E-state index in [0.717, 1.165) is 5.56 Å². The van der Waals surface area contributed by atoms with Crippen LogP contribution in [0.2, 0.25) is 0 Å². The van der Waals surface area contributed by atoms with Crippen molar-refractivity contribution >= 4 is 18.0 Å². The van der Waals surface area contributed by atoms with Crippen LogP contribution in [0.4, 0.5) is 4.79 Å². The maximum Gasteiger partial charge on any atom is 0.508 e. The van der Waals surface area contributed by atoms with Gasteiger partial charge < -0.3 is 24.3 Å². The van der Waals surface area contributed by atoms with Crippen LogP contribution in [-0.4, -0.2) is 49.5 Å². The normalized spacial score (nSPS) is 21.1. The van der Waals surface area contributed by atoms with E-state index >= 15 is 0 Å². The minimum atomic E-state index is -0.898. The Morgan fingerprint density at radius 1 is 1.10 bits per heavy atom. The minimum absolute atomic E-state index is 0.134. The Balaban J connectivity index is 1.99. The van der Waals surface area contributed by atoms with Gasteiger partial charge in [-0.05, 0) is 39.7 Å². The number of hydrogen-bond donors (Lipinski definition) is 1.